The fourth-order valence-corrected chi connectivity index (χ4v) is 3.31. The van der Waals surface area contributed by atoms with Crippen LogP contribution in [0.25, 0.3) is 0 Å². The Morgan fingerprint density at radius 1 is 1.31 bits per heavy atom. The van der Waals surface area contributed by atoms with Crippen molar-refractivity contribution in [3.05, 3.63) is 35.6 Å². The zero-order valence-electron chi connectivity index (χ0n) is 16.9. The molecule has 1 atom stereocenters. The summed E-state index contributed by atoms with van der Waals surface area (Å²) in [5.74, 6) is -0.728. The Bertz CT molecular complexity index is 691. The average Bonchev–Trinajstić information content (AvgIpc) is 2.69. The number of halogens is 2. The molecule has 1 amide bonds. The standard InChI is InChI=1S/C20H29FN4O3.HI/c1-3-28-19(27)15-8-10-25(11-9-15)20(23-2)24-13-16(18(22)26)12-14-4-6-17(21)7-5-14;/h4-7,15-16H,3,8-13H2,1-2H3,(H2,22,26)(H,23,24);1H. The van der Waals surface area contributed by atoms with Crippen LogP contribution in [0.5, 0.6) is 0 Å². The Morgan fingerprint density at radius 2 is 1.93 bits per heavy atom. The lowest BCUT2D eigenvalue weighted by molar-refractivity contribution is -0.149. The van der Waals surface area contributed by atoms with Gasteiger partial charge >= 0.3 is 5.97 Å². The molecule has 0 aliphatic carbocycles. The minimum atomic E-state index is -0.445. The summed E-state index contributed by atoms with van der Waals surface area (Å²) in [7, 11) is 1.68. The van der Waals surface area contributed by atoms with E-state index in [9.17, 15) is 14.0 Å². The summed E-state index contributed by atoms with van der Waals surface area (Å²) in [5.41, 5.74) is 6.39. The summed E-state index contributed by atoms with van der Waals surface area (Å²) in [6.07, 6.45) is 1.83. The maximum Gasteiger partial charge on any atom is 0.309 e. The number of rotatable bonds is 7. The number of benzene rings is 1. The minimum absolute atomic E-state index is 0. The quantitative estimate of drug-likeness (QED) is 0.248. The maximum atomic E-state index is 13.1. The SMILES string of the molecule is CCOC(=O)C1CCN(C(=NC)NCC(Cc2ccc(F)cc2)C(N)=O)CC1.I. The molecule has 0 aromatic heterocycles. The van der Waals surface area contributed by atoms with Crippen molar-refractivity contribution in [3.8, 4) is 0 Å². The lowest BCUT2D eigenvalue weighted by atomic mass is 9.97. The topological polar surface area (TPSA) is 97.0 Å². The van der Waals surface area contributed by atoms with Gasteiger partial charge in [0.25, 0.3) is 0 Å². The molecular weight excluding hydrogens is 490 g/mol. The number of ether oxygens (including phenoxy) is 1. The molecule has 162 valence electrons. The van der Waals surface area contributed by atoms with Crippen molar-refractivity contribution in [3.63, 3.8) is 0 Å². The molecule has 9 heteroatoms. The number of hydrogen-bond acceptors (Lipinski definition) is 4. The van der Waals surface area contributed by atoms with Crippen LogP contribution in [0, 0.1) is 17.7 Å². The molecule has 1 unspecified atom stereocenters. The van der Waals surface area contributed by atoms with E-state index in [1.807, 2.05) is 0 Å². The second-order valence-electron chi connectivity index (χ2n) is 6.87. The fourth-order valence-electron chi connectivity index (χ4n) is 3.31. The Labute approximate surface area is 188 Å². The highest BCUT2D eigenvalue weighted by molar-refractivity contribution is 14.0. The zero-order chi connectivity index (χ0) is 20.5. The highest BCUT2D eigenvalue weighted by Crippen LogP contribution is 2.19. The monoisotopic (exact) mass is 520 g/mol. The number of amides is 1. The second kappa shape index (κ2) is 12.6. The van der Waals surface area contributed by atoms with Crippen molar-refractivity contribution >= 4 is 41.8 Å². The molecule has 7 nitrogen and oxygen atoms in total. The van der Waals surface area contributed by atoms with Crippen LogP contribution in [0.15, 0.2) is 29.3 Å². The summed E-state index contributed by atoms with van der Waals surface area (Å²) < 4.78 is 18.1. The van der Waals surface area contributed by atoms with Crippen LogP contribution in [0.1, 0.15) is 25.3 Å². The highest BCUT2D eigenvalue weighted by Gasteiger charge is 2.27. The molecule has 0 radical (unpaired) electrons. The summed E-state index contributed by atoms with van der Waals surface area (Å²) >= 11 is 0. The number of carbonyl (C=O) groups excluding carboxylic acids is 2. The van der Waals surface area contributed by atoms with E-state index in [4.69, 9.17) is 10.5 Å². The first-order valence-electron chi connectivity index (χ1n) is 9.60. The largest absolute Gasteiger partial charge is 0.466 e. The van der Waals surface area contributed by atoms with E-state index in [-0.39, 0.29) is 41.7 Å². The van der Waals surface area contributed by atoms with Crippen molar-refractivity contribution in [1.82, 2.24) is 10.2 Å². The number of piperidine rings is 1. The first-order chi connectivity index (χ1) is 13.4. The molecule has 3 N–H and O–H groups in total. The third-order valence-corrected chi connectivity index (χ3v) is 4.93. The molecule has 1 aliphatic rings. The first kappa shape index (κ1) is 25.1. The van der Waals surface area contributed by atoms with E-state index in [1.54, 1.807) is 26.1 Å². The van der Waals surface area contributed by atoms with Gasteiger partial charge in [-0.3, -0.25) is 14.6 Å². The van der Waals surface area contributed by atoms with Gasteiger partial charge in [-0.2, -0.15) is 0 Å². The number of nitrogens with zero attached hydrogens (tertiary/aromatic N) is 2. The number of guanidine groups is 1. The van der Waals surface area contributed by atoms with Gasteiger partial charge in [0, 0.05) is 26.7 Å². The van der Waals surface area contributed by atoms with Crippen molar-refractivity contribution in [1.29, 1.82) is 0 Å². The highest BCUT2D eigenvalue weighted by atomic mass is 127. The summed E-state index contributed by atoms with van der Waals surface area (Å²) in [6.45, 7) is 3.90. The first-order valence-corrected chi connectivity index (χ1v) is 9.60. The van der Waals surface area contributed by atoms with Gasteiger partial charge in [0.05, 0.1) is 18.4 Å². The Morgan fingerprint density at radius 3 is 2.45 bits per heavy atom. The molecule has 1 saturated heterocycles. The average molecular weight is 520 g/mol. The van der Waals surface area contributed by atoms with Crippen LogP contribution < -0.4 is 11.1 Å². The molecule has 1 aliphatic heterocycles. The molecule has 0 saturated carbocycles. The predicted molar refractivity (Wildman–Crippen MR) is 120 cm³/mol. The van der Waals surface area contributed by atoms with Gasteiger partial charge in [-0.1, -0.05) is 12.1 Å². The van der Waals surface area contributed by atoms with Gasteiger partial charge in [0.15, 0.2) is 5.96 Å². The summed E-state index contributed by atoms with van der Waals surface area (Å²) in [4.78, 5) is 30.0. The van der Waals surface area contributed by atoms with Gasteiger partial charge in [-0.15, -0.1) is 24.0 Å². The van der Waals surface area contributed by atoms with Crippen molar-refractivity contribution in [2.24, 2.45) is 22.6 Å². The number of nitrogens with one attached hydrogen (secondary N) is 1. The van der Waals surface area contributed by atoms with Crippen molar-refractivity contribution in [2.75, 3.05) is 33.3 Å². The van der Waals surface area contributed by atoms with Gasteiger partial charge in [0.2, 0.25) is 5.91 Å². The van der Waals surface area contributed by atoms with E-state index in [0.29, 0.717) is 51.5 Å². The van der Waals surface area contributed by atoms with Gasteiger partial charge in [0.1, 0.15) is 5.82 Å². The Hall–Kier alpha value is -1.91. The molecule has 1 aromatic carbocycles. The Balaban J connectivity index is 0.00000420. The smallest absolute Gasteiger partial charge is 0.309 e. The molecule has 1 aromatic rings. The number of carbonyl (C=O) groups is 2. The molecular formula is C20H30FIN4O3. The maximum absolute atomic E-state index is 13.1. The number of likely N-dealkylation sites (tertiary alicyclic amines) is 1. The molecule has 1 fully saturated rings. The van der Waals surface area contributed by atoms with Gasteiger partial charge in [-0.25, -0.2) is 4.39 Å². The van der Waals surface area contributed by atoms with Crippen LogP contribution in [0.4, 0.5) is 4.39 Å². The minimum Gasteiger partial charge on any atom is -0.466 e. The van der Waals surface area contributed by atoms with Crippen LogP contribution >= 0.6 is 24.0 Å². The van der Waals surface area contributed by atoms with E-state index in [0.717, 1.165) is 5.56 Å². The van der Waals surface area contributed by atoms with Crippen LogP contribution in [0.2, 0.25) is 0 Å². The lowest BCUT2D eigenvalue weighted by Crippen LogP contribution is -2.49. The lowest BCUT2D eigenvalue weighted by Gasteiger charge is -2.33. The van der Waals surface area contributed by atoms with E-state index in [1.165, 1.54) is 12.1 Å². The van der Waals surface area contributed by atoms with Crippen molar-refractivity contribution < 1.29 is 18.7 Å². The van der Waals surface area contributed by atoms with Crippen LogP contribution in [-0.4, -0.2) is 56.0 Å². The van der Waals surface area contributed by atoms with Crippen LogP contribution in [-0.2, 0) is 20.7 Å². The number of nitrogens with two attached hydrogens (primary N) is 1. The van der Waals surface area contributed by atoms with E-state index < -0.39 is 11.8 Å². The van der Waals surface area contributed by atoms with Crippen molar-refractivity contribution in [2.45, 2.75) is 26.2 Å². The Kier molecular flexibility index (Phi) is 10.9. The molecule has 0 spiro atoms. The molecule has 29 heavy (non-hydrogen) atoms. The fraction of sp³-hybridized carbons (Fsp3) is 0.550. The molecule has 1 heterocycles. The van der Waals surface area contributed by atoms with Gasteiger partial charge < -0.3 is 20.7 Å². The molecule has 2 rings (SSSR count). The number of esters is 1. The number of primary amides is 1. The third-order valence-electron chi connectivity index (χ3n) is 4.93. The third kappa shape index (κ3) is 7.79. The predicted octanol–water partition coefficient (Wildman–Crippen LogP) is 1.94. The van der Waals surface area contributed by atoms with Gasteiger partial charge in [-0.05, 0) is 43.9 Å². The van der Waals surface area contributed by atoms with E-state index in [2.05, 4.69) is 15.2 Å². The number of hydrogen-bond donors (Lipinski definition) is 2. The second-order valence-corrected chi connectivity index (χ2v) is 6.87. The zero-order valence-corrected chi connectivity index (χ0v) is 19.2. The summed E-state index contributed by atoms with van der Waals surface area (Å²) in [5, 5.41) is 3.21. The molecule has 0 bridgehead atoms. The summed E-state index contributed by atoms with van der Waals surface area (Å²) in [6, 6.07) is 6.04. The van der Waals surface area contributed by atoms with Crippen LogP contribution in [0.3, 0.4) is 0 Å². The number of aliphatic imine (C=N–C) groups is 1. The normalized spacial score (nSPS) is 16.0. The van der Waals surface area contributed by atoms with E-state index >= 15 is 0 Å².